The van der Waals surface area contributed by atoms with Crippen LogP contribution >= 0.6 is 0 Å². The van der Waals surface area contributed by atoms with E-state index < -0.39 is 0 Å². The second kappa shape index (κ2) is 7.60. The molecular weight excluding hydrogens is 344 g/mol. The number of benzene rings is 1. The van der Waals surface area contributed by atoms with Gasteiger partial charge in [-0.25, -0.2) is 9.78 Å². The van der Waals surface area contributed by atoms with E-state index in [2.05, 4.69) is 9.88 Å². The number of carbonyl (C=O) groups excluding carboxylic acids is 1. The van der Waals surface area contributed by atoms with Crippen LogP contribution in [0.5, 0.6) is 5.75 Å². The highest BCUT2D eigenvalue weighted by Gasteiger charge is 2.33. The Labute approximate surface area is 159 Å². The number of amides is 1. The number of hydrogen-bond donors (Lipinski definition) is 1. The number of ether oxygens (including phenoxy) is 2. The van der Waals surface area contributed by atoms with Gasteiger partial charge in [-0.1, -0.05) is 0 Å². The molecule has 1 atom stereocenters. The van der Waals surface area contributed by atoms with Crippen molar-refractivity contribution in [1.29, 1.82) is 0 Å². The fourth-order valence-corrected chi connectivity index (χ4v) is 3.93. The Balaban J connectivity index is 1.43. The summed E-state index contributed by atoms with van der Waals surface area (Å²) in [7, 11) is 1.67. The largest absolute Gasteiger partial charge is 0.497 e. The normalized spacial score (nSPS) is 19.8. The number of nitrogens with zero attached hydrogens (tertiary/aromatic N) is 3. The summed E-state index contributed by atoms with van der Waals surface area (Å²) < 4.78 is 10.4. The Hall–Kier alpha value is -2.54. The zero-order valence-electron chi connectivity index (χ0n) is 15.9. The Kier molecular flexibility index (Phi) is 5.03. The molecule has 2 aliphatic heterocycles. The zero-order valence-corrected chi connectivity index (χ0v) is 15.9. The summed E-state index contributed by atoms with van der Waals surface area (Å²) in [6.45, 7) is 5.60. The minimum Gasteiger partial charge on any atom is -0.497 e. The zero-order chi connectivity index (χ0) is 18.8. The van der Waals surface area contributed by atoms with E-state index >= 15 is 0 Å². The minimum absolute atomic E-state index is 0.193. The third-order valence-corrected chi connectivity index (χ3v) is 5.43. The van der Waals surface area contributed by atoms with Crippen molar-refractivity contribution in [1.82, 2.24) is 19.8 Å². The molecule has 1 saturated heterocycles. The number of fused-ring (bicyclic) bond motifs is 1. The van der Waals surface area contributed by atoms with Crippen molar-refractivity contribution in [2.45, 2.75) is 32.4 Å². The molecule has 1 aromatic heterocycles. The molecule has 0 aliphatic carbocycles. The van der Waals surface area contributed by atoms with Crippen molar-refractivity contribution in [3.63, 3.8) is 0 Å². The van der Waals surface area contributed by atoms with Gasteiger partial charge in [0.25, 0.3) is 0 Å². The van der Waals surface area contributed by atoms with E-state index in [0.717, 1.165) is 61.9 Å². The molecule has 1 amide bonds. The van der Waals surface area contributed by atoms with Crippen molar-refractivity contribution < 1.29 is 14.3 Å². The van der Waals surface area contributed by atoms with E-state index in [1.165, 1.54) is 5.69 Å². The smallest absolute Gasteiger partial charge is 0.409 e. The maximum Gasteiger partial charge on any atom is 0.409 e. The minimum atomic E-state index is -0.193. The molecule has 0 bridgehead atoms. The quantitative estimate of drug-likeness (QED) is 0.896. The summed E-state index contributed by atoms with van der Waals surface area (Å²) in [5, 5.41) is 0. The Morgan fingerprint density at radius 1 is 1.30 bits per heavy atom. The maximum absolute atomic E-state index is 11.9. The fraction of sp³-hybridized carbons (Fsp3) is 0.500. The molecule has 1 fully saturated rings. The first-order valence-corrected chi connectivity index (χ1v) is 9.56. The Bertz CT molecular complexity index is 802. The lowest BCUT2D eigenvalue weighted by molar-refractivity contribution is 0.109. The van der Waals surface area contributed by atoms with Crippen LogP contribution in [0, 0.1) is 0 Å². The summed E-state index contributed by atoms with van der Waals surface area (Å²) in [6.07, 6.45) is 1.73. The molecule has 1 N–H and O–H groups in total. The standard InChI is InChI=1S/C20H26N4O3/c1-3-27-20(25)24-10-8-15(12-24)23-11-9-17-18(13-23)22-19(21-17)14-4-6-16(26-2)7-5-14/h4-7,15H,3,8-13H2,1-2H3,(H,21,22). The van der Waals surface area contributed by atoms with E-state index in [9.17, 15) is 4.79 Å². The van der Waals surface area contributed by atoms with Crippen molar-refractivity contribution >= 4 is 6.09 Å². The van der Waals surface area contributed by atoms with Crippen molar-refractivity contribution in [2.75, 3.05) is 33.4 Å². The van der Waals surface area contributed by atoms with Gasteiger partial charge in [-0.3, -0.25) is 4.90 Å². The molecule has 0 spiro atoms. The van der Waals surface area contributed by atoms with E-state index in [1.807, 2.05) is 36.1 Å². The third-order valence-electron chi connectivity index (χ3n) is 5.43. The van der Waals surface area contributed by atoms with Crippen molar-refractivity contribution in [3.8, 4) is 17.1 Å². The molecule has 27 heavy (non-hydrogen) atoms. The molecule has 0 radical (unpaired) electrons. The summed E-state index contributed by atoms with van der Waals surface area (Å²) in [5.41, 5.74) is 3.39. The number of rotatable bonds is 4. The summed E-state index contributed by atoms with van der Waals surface area (Å²) >= 11 is 0. The van der Waals surface area contributed by atoms with Gasteiger partial charge in [0.1, 0.15) is 11.6 Å². The second-order valence-corrected chi connectivity index (χ2v) is 7.05. The van der Waals surface area contributed by atoms with Crippen LogP contribution in [0.15, 0.2) is 24.3 Å². The molecule has 4 rings (SSSR count). The van der Waals surface area contributed by atoms with Crippen LogP contribution in [-0.2, 0) is 17.7 Å². The van der Waals surface area contributed by atoms with Crippen LogP contribution in [0.4, 0.5) is 4.79 Å². The highest BCUT2D eigenvalue weighted by atomic mass is 16.6. The number of hydrogen-bond acceptors (Lipinski definition) is 5. The summed E-state index contributed by atoms with van der Waals surface area (Å²) in [4.78, 5) is 24.5. The molecule has 1 unspecified atom stereocenters. The molecule has 7 nitrogen and oxygen atoms in total. The van der Waals surface area contributed by atoms with Gasteiger partial charge >= 0.3 is 6.09 Å². The van der Waals surface area contributed by atoms with Crippen LogP contribution < -0.4 is 4.74 Å². The molecule has 2 aliphatic rings. The van der Waals surface area contributed by atoms with Gasteiger partial charge < -0.3 is 19.4 Å². The highest BCUT2D eigenvalue weighted by Crippen LogP contribution is 2.27. The highest BCUT2D eigenvalue weighted by molar-refractivity contribution is 5.68. The number of carbonyl (C=O) groups is 1. The third kappa shape index (κ3) is 3.64. The fourth-order valence-electron chi connectivity index (χ4n) is 3.93. The van der Waals surface area contributed by atoms with Crippen LogP contribution in [0.25, 0.3) is 11.4 Å². The lowest BCUT2D eigenvalue weighted by Gasteiger charge is -2.31. The predicted molar refractivity (Wildman–Crippen MR) is 102 cm³/mol. The number of H-pyrrole nitrogens is 1. The predicted octanol–water partition coefficient (Wildman–Crippen LogP) is 2.67. The van der Waals surface area contributed by atoms with Crippen LogP contribution in [0.3, 0.4) is 0 Å². The summed E-state index contributed by atoms with van der Waals surface area (Å²) in [6, 6.07) is 8.33. The van der Waals surface area contributed by atoms with Gasteiger partial charge in [0.05, 0.1) is 25.1 Å². The number of aromatic nitrogens is 2. The van der Waals surface area contributed by atoms with E-state index in [1.54, 1.807) is 7.11 Å². The van der Waals surface area contributed by atoms with Gasteiger partial charge in [-0.05, 0) is 37.6 Å². The van der Waals surface area contributed by atoms with E-state index in [-0.39, 0.29) is 6.09 Å². The number of likely N-dealkylation sites (tertiary alicyclic amines) is 1. The average molecular weight is 370 g/mol. The van der Waals surface area contributed by atoms with Gasteiger partial charge in [0.2, 0.25) is 0 Å². The lowest BCUT2D eigenvalue weighted by Crippen LogP contribution is -2.41. The van der Waals surface area contributed by atoms with Crippen LogP contribution in [0.2, 0.25) is 0 Å². The lowest BCUT2D eigenvalue weighted by atomic mass is 10.1. The molecule has 0 saturated carbocycles. The number of nitrogens with one attached hydrogen (secondary N) is 1. The van der Waals surface area contributed by atoms with Gasteiger partial charge in [-0.15, -0.1) is 0 Å². The maximum atomic E-state index is 11.9. The van der Waals surface area contributed by atoms with E-state index in [0.29, 0.717) is 12.6 Å². The average Bonchev–Trinajstić information content (AvgIpc) is 3.35. The van der Waals surface area contributed by atoms with Gasteiger partial charge in [-0.2, -0.15) is 0 Å². The first kappa shape index (κ1) is 17.9. The number of methoxy groups -OCH3 is 1. The first-order chi connectivity index (χ1) is 13.2. The van der Waals surface area contributed by atoms with Crippen LogP contribution in [0.1, 0.15) is 24.7 Å². The first-order valence-electron chi connectivity index (χ1n) is 9.56. The topological polar surface area (TPSA) is 70.7 Å². The van der Waals surface area contributed by atoms with Gasteiger partial charge in [0.15, 0.2) is 0 Å². The van der Waals surface area contributed by atoms with Crippen molar-refractivity contribution in [2.24, 2.45) is 0 Å². The van der Waals surface area contributed by atoms with Crippen LogP contribution in [-0.4, -0.2) is 65.3 Å². The molecule has 3 heterocycles. The Morgan fingerprint density at radius 2 is 2.11 bits per heavy atom. The summed E-state index contributed by atoms with van der Waals surface area (Å²) in [5.74, 6) is 1.75. The van der Waals surface area contributed by atoms with Gasteiger partial charge in [0, 0.05) is 44.2 Å². The number of aromatic amines is 1. The molecule has 1 aromatic carbocycles. The molecular formula is C20H26N4O3. The molecule has 2 aromatic rings. The second-order valence-electron chi connectivity index (χ2n) is 7.05. The van der Waals surface area contributed by atoms with Crippen molar-refractivity contribution in [3.05, 3.63) is 35.7 Å². The SMILES string of the molecule is CCOC(=O)N1CCC(N2CCc3nc(-c4ccc(OC)cc4)[nH]c3C2)C1. The monoisotopic (exact) mass is 370 g/mol. The Morgan fingerprint density at radius 3 is 2.85 bits per heavy atom. The van der Waals surface area contributed by atoms with E-state index in [4.69, 9.17) is 14.5 Å². The molecule has 7 heteroatoms. The molecule has 144 valence electrons. The number of imidazole rings is 1.